The Balaban J connectivity index is 2.47. The van der Waals surface area contributed by atoms with Gasteiger partial charge < -0.3 is 5.73 Å². The van der Waals surface area contributed by atoms with Crippen LogP contribution in [0.25, 0.3) is 0 Å². The van der Waals surface area contributed by atoms with E-state index in [1.165, 1.54) is 22.5 Å². The zero-order valence-corrected chi connectivity index (χ0v) is 13.0. The number of anilines is 1. The number of hydrogen-bond acceptors (Lipinski definition) is 3. The van der Waals surface area contributed by atoms with Gasteiger partial charge in [-0.05, 0) is 37.5 Å². The topological polar surface area (TPSA) is 63.4 Å². The molecule has 0 heterocycles. The number of nitrogen functional groups attached to an aromatic ring is 1. The lowest BCUT2D eigenvalue weighted by atomic mass is 10.2. The normalized spacial score (nSPS) is 16.5. The average Bonchev–Trinajstić information content (AvgIpc) is 2.93. The summed E-state index contributed by atoms with van der Waals surface area (Å²) in [4.78, 5) is -0.348. The van der Waals surface area contributed by atoms with Crippen LogP contribution in [0.5, 0.6) is 0 Å². The van der Waals surface area contributed by atoms with Crippen LogP contribution in [0.1, 0.15) is 31.2 Å². The van der Waals surface area contributed by atoms with Crippen molar-refractivity contribution in [2.75, 3.05) is 12.3 Å². The molecule has 116 valence electrons. The van der Waals surface area contributed by atoms with Crippen LogP contribution in [0.4, 0.5) is 10.1 Å². The van der Waals surface area contributed by atoms with Gasteiger partial charge in [0.2, 0.25) is 10.0 Å². The van der Waals surface area contributed by atoms with E-state index in [0.717, 1.165) is 25.7 Å². The second-order valence-electron chi connectivity index (χ2n) is 5.44. The molecule has 0 bridgehead atoms. The summed E-state index contributed by atoms with van der Waals surface area (Å²) in [5, 5.41) is 0. The lowest BCUT2D eigenvalue weighted by Gasteiger charge is -2.27. The van der Waals surface area contributed by atoms with Crippen LogP contribution in [0, 0.1) is 12.7 Å². The molecule has 2 rings (SSSR count). The molecule has 0 amide bonds. The Morgan fingerprint density at radius 3 is 2.62 bits per heavy atom. The van der Waals surface area contributed by atoms with E-state index in [2.05, 4.69) is 6.58 Å². The molecule has 0 atom stereocenters. The standard InChI is InChI=1S/C15H21FN2O2S/c1-3-8-18(12-6-4-5-7-12)21(19,20)15-10-14(17)11(2)9-13(15)16/h3,9-10,12H,1,4-8,17H2,2H3. The molecule has 0 aliphatic heterocycles. The highest BCUT2D eigenvalue weighted by atomic mass is 32.2. The number of sulfonamides is 1. The highest BCUT2D eigenvalue weighted by Gasteiger charge is 2.34. The molecule has 1 aliphatic rings. The summed E-state index contributed by atoms with van der Waals surface area (Å²) in [7, 11) is -3.91. The van der Waals surface area contributed by atoms with Crippen LogP contribution in [0.15, 0.2) is 29.7 Å². The van der Waals surface area contributed by atoms with Gasteiger partial charge in [-0.2, -0.15) is 4.31 Å². The van der Waals surface area contributed by atoms with Crippen molar-refractivity contribution in [1.29, 1.82) is 0 Å². The Morgan fingerprint density at radius 1 is 1.43 bits per heavy atom. The molecule has 0 aromatic heterocycles. The molecule has 1 aliphatic carbocycles. The van der Waals surface area contributed by atoms with E-state index in [-0.39, 0.29) is 23.2 Å². The minimum atomic E-state index is -3.91. The third-order valence-corrected chi connectivity index (χ3v) is 5.88. The fourth-order valence-corrected chi connectivity index (χ4v) is 4.49. The van der Waals surface area contributed by atoms with E-state index in [4.69, 9.17) is 5.73 Å². The summed E-state index contributed by atoms with van der Waals surface area (Å²) in [5.74, 6) is -0.756. The Morgan fingerprint density at radius 2 is 2.05 bits per heavy atom. The van der Waals surface area contributed by atoms with Crippen LogP contribution >= 0.6 is 0 Å². The number of rotatable bonds is 5. The second kappa shape index (κ2) is 6.15. The van der Waals surface area contributed by atoms with Crippen molar-refractivity contribution < 1.29 is 12.8 Å². The van der Waals surface area contributed by atoms with Gasteiger partial charge in [-0.1, -0.05) is 18.9 Å². The van der Waals surface area contributed by atoms with Crippen molar-refractivity contribution in [3.63, 3.8) is 0 Å². The summed E-state index contributed by atoms with van der Waals surface area (Å²) in [5.41, 5.74) is 6.55. The van der Waals surface area contributed by atoms with Gasteiger partial charge in [0, 0.05) is 18.3 Å². The predicted octanol–water partition coefficient (Wildman–Crippen LogP) is 2.84. The number of hydrogen-bond donors (Lipinski definition) is 1. The second-order valence-corrected chi connectivity index (χ2v) is 7.30. The molecule has 21 heavy (non-hydrogen) atoms. The molecule has 2 N–H and O–H groups in total. The Hall–Kier alpha value is -1.40. The van der Waals surface area contributed by atoms with Gasteiger partial charge in [-0.25, -0.2) is 12.8 Å². The maximum atomic E-state index is 14.1. The third kappa shape index (κ3) is 3.11. The van der Waals surface area contributed by atoms with E-state index in [0.29, 0.717) is 5.56 Å². The fraction of sp³-hybridized carbons (Fsp3) is 0.467. The summed E-state index contributed by atoms with van der Waals surface area (Å²) >= 11 is 0. The number of benzene rings is 1. The molecule has 1 saturated carbocycles. The van der Waals surface area contributed by atoms with E-state index in [1.54, 1.807) is 6.92 Å². The maximum absolute atomic E-state index is 14.1. The smallest absolute Gasteiger partial charge is 0.246 e. The maximum Gasteiger partial charge on any atom is 0.246 e. The van der Waals surface area contributed by atoms with Crippen LogP contribution in [0.3, 0.4) is 0 Å². The largest absolute Gasteiger partial charge is 0.398 e. The number of aryl methyl sites for hydroxylation is 1. The van der Waals surface area contributed by atoms with Crippen molar-refractivity contribution in [1.82, 2.24) is 4.31 Å². The lowest BCUT2D eigenvalue weighted by molar-refractivity contribution is 0.346. The molecular weight excluding hydrogens is 291 g/mol. The van der Waals surface area contributed by atoms with E-state index < -0.39 is 15.8 Å². The van der Waals surface area contributed by atoms with E-state index in [9.17, 15) is 12.8 Å². The predicted molar refractivity (Wildman–Crippen MR) is 81.9 cm³/mol. The first-order valence-corrected chi connectivity index (χ1v) is 8.50. The molecule has 1 aromatic rings. The molecule has 0 saturated heterocycles. The molecule has 4 nitrogen and oxygen atoms in total. The van der Waals surface area contributed by atoms with Crippen molar-refractivity contribution in [2.45, 2.75) is 43.5 Å². The number of nitrogens with zero attached hydrogens (tertiary/aromatic N) is 1. The quantitative estimate of drug-likeness (QED) is 0.671. The Labute approximate surface area is 125 Å². The summed E-state index contributed by atoms with van der Waals surface area (Å²) in [6, 6.07) is 2.29. The molecular formula is C15H21FN2O2S. The van der Waals surface area contributed by atoms with Crippen molar-refractivity contribution in [3.8, 4) is 0 Å². The first kappa shape index (κ1) is 16.0. The first-order chi connectivity index (χ1) is 9.87. The summed E-state index contributed by atoms with van der Waals surface area (Å²) in [6.07, 6.45) is 5.12. The van der Waals surface area contributed by atoms with Crippen LogP contribution in [-0.2, 0) is 10.0 Å². The molecule has 0 unspecified atom stereocenters. The third-order valence-electron chi connectivity index (χ3n) is 3.95. The highest BCUT2D eigenvalue weighted by Crippen LogP contribution is 2.31. The van der Waals surface area contributed by atoms with Gasteiger partial charge in [0.05, 0.1) is 0 Å². The lowest BCUT2D eigenvalue weighted by Crippen LogP contribution is -2.39. The monoisotopic (exact) mass is 312 g/mol. The van der Waals surface area contributed by atoms with Crippen molar-refractivity contribution in [3.05, 3.63) is 36.2 Å². The van der Waals surface area contributed by atoms with Gasteiger partial charge in [-0.15, -0.1) is 6.58 Å². The summed E-state index contributed by atoms with van der Waals surface area (Å²) in [6.45, 7) is 5.44. The average molecular weight is 312 g/mol. The van der Waals surface area contributed by atoms with E-state index >= 15 is 0 Å². The van der Waals surface area contributed by atoms with Gasteiger partial charge in [0.25, 0.3) is 0 Å². The number of nitrogens with two attached hydrogens (primary N) is 1. The fourth-order valence-electron chi connectivity index (χ4n) is 2.76. The minimum absolute atomic E-state index is 0.0880. The number of halogens is 1. The molecule has 0 radical (unpaired) electrons. The van der Waals surface area contributed by atoms with Gasteiger partial charge in [0.1, 0.15) is 10.7 Å². The van der Waals surface area contributed by atoms with Gasteiger partial charge in [-0.3, -0.25) is 0 Å². The van der Waals surface area contributed by atoms with Gasteiger partial charge >= 0.3 is 0 Å². The van der Waals surface area contributed by atoms with Crippen LogP contribution < -0.4 is 5.73 Å². The van der Waals surface area contributed by atoms with Gasteiger partial charge in [0.15, 0.2) is 0 Å². The highest BCUT2D eigenvalue weighted by molar-refractivity contribution is 7.89. The first-order valence-electron chi connectivity index (χ1n) is 7.06. The van der Waals surface area contributed by atoms with Crippen molar-refractivity contribution >= 4 is 15.7 Å². The molecule has 0 spiro atoms. The summed E-state index contributed by atoms with van der Waals surface area (Å²) < 4.78 is 41.0. The SMILES string of the molecule is C=CCN(C1CCCC1)S(=O)(=O)c1cc(N)c(C)cc1F. The minimum Gasteiger partial charge on any atom is -0.398 e. The van der Waals surface area contributed by atoms with Crippen molar-refractivity contribution in [2.24, 2.45) is 0 Å². The molecule has 1 fully saturated rings. The molecule has 1 aromatic carbocycles. The Bertz CT molecular complexity index is 637. The molecule has 6 heteroatoms. The zero-order valence-electron chi connectivity index (χ0n) is 12.2. The van der Waals surface area contributed by atoms with Crippen LogP contribution in [-0.4, -0.2) is 25.3 Å². The Kier molecular flexibility index (Phi) is 4.68. The van der Waals surface area contributed by atoms with E-state index in [1.807, 2.05) is 0 Å². The van der Waals surface area contributed by atoms with Crippen LogP contribution in [0.2, 0.25) is 0 Å². The zero-order chi connectivity index (χ0) is 15.6.